The third-order valence-corrected chi connectivity index (χ3v) is 3.87. The van der Waals surface area contributed by atoms with Crippen molar-refractivity contribution in [1.29, 1.82) is 0 Å². The summed E-state index contributed by atoms with van der Waals surface area (Å²) in [5.74, 6) is 0.459. The average Bonchev–Trinajstić information content (AvgIpc) is 2.55. The fourth-order valence-corrected chi connectivity index (χ4v) is 2.76. The van der Waals surface area contributed by atoms with E-state index in [1.165, 1.54) is 6.07 Å². The first-order chi connectivity index (χ1) is 11.5. The molecule has 0 saturated heterocycles. The fourth-order valence-electron chi connectivity index (χ4n) is 2.76. The van der Waals surface area contributed by atoms with E-state index >= 15 is 0 Å². The van der Waals surface area contributed by atoms with Gasteiger partial charge in [0, 0.05) is 17.2 Å². The van der Waals surface area contributed by atoms with E-state index in [0.29, 0.717) is 22.3 Å². The van der Waals surface area contributed by atoms with E-state index in [4.69, 9.17) is 9.52 Å². The summed E-state index contributed by atoms with van der Waals surface area (Å²) in [4.78, 5) is 23.5. The summed E-state index contributed by atoms with van der Waals surface area (Å²) in [6.45, 7) is 3.58. The van der Waals surface area contributed by atoms with Gasteiger partial charge in [0.2, 0.25) is 0 Å². The smallest absolute Gasteiger partial charge is 0.405 e. The van der Waals surface area contributed by atoms with E-state index in [9.17, 15) is 9.59 Å². The summed E-state index contributed by atoms with van der Waals surface area (Å²) in [6.07, 6.45) is -1.13. The van der Waals surface area contributed by atoms with E-state index in [-0.39, 0.29) is 5.43 Å². The third-order valence-electron chi connectivity index (χ3n) is 3.87. The van der Waals surface area contributed by atoms with Crippen LogP contribution in [0, 0.1) is 6.92 Å². The Kier molecular flexibility index (Phi) is 4.08. The number of fused-ring (bicyclic) bond motifs is 1. The van der Waals surface area contributed by atoms with Crippen molar-refractivity contribution in [2.45, 2.75) is 19.9 Å². The Labute approximate surface area is 138 Å². The minimum atomic E-state index is -1.13. The van der Waals surface area contributed by atoms with Crippen molar-refractivity contribution >= 4 is 17.1 Å². The van der Waals surface area contributed by atoms with Crippen molar-refractivity contribution in [3.05, 3.63) is 69.9 Å². The zero-order valence-corrected chi connectivity index (χ0v) is 13.4. The molecule has 5 nitrogen and oxygen atoms in total. The SMILES string of the molecule is Cc1cc(C(C)NC(=O)O)c2oc(-c3ccccc3)cc(=O)c2c1. The maximum absolute atomic E-state index is 12.5. The molecule has 1 unspecified atom stereocenters. The molecule has 5 heteroatoms. The molecular weight excluding hydrogens is 306 g/mol. The standard InChI is InChI=1S/C19H17NO4/c1-11-8-14(12(2)20-19(22)23)18-15(9-11)16(21)10-17(24-18)13-6-4-3-5-7-13/h3-10,12,20H,1-2H3,(H,22,23). The summed E-state index contributed by atoms with van der Waals surface area (Å²) in [6, 6.07) is 13.9. The zero-order valence-electron chi connectivity index (χ0n) is 13.4. The van der Waals surface area contributed by atoms with Crippen LogP contribution in [0.15, 0.2) is 57.7 Å². The largest absolute Gasteiger partial charge is 0.465 e. The molecule has 0 fully saturated rings. The van der Waals surface area contributed by atoms with Crippen LogP contribution in [0.5, 0.6) is 0 Å². The summed E-state index contributed by atoms with van der Waals surface area (Å²) >= 11 is 0. The van der Waals surface area contributed by atoms with Crippen LogP contribution in [0.4, 0.5) is 4.79 Å². The van der Waals surface area contributed by atoms with Gasteiger partial charge in [0.05, 0.1) is 11.4 Å². The number of nitrogens with one attached hydrogen (secondary N) is 1. The Morgan fingerprint density at radius 1 is 1.17 bits per heavy atom. The average molecular weight is 323 g/mol. The molecule has 0 bridgehead atoms. The molecule has 1 atom stereocenters. The lowest BCUT2D eigenvalue weighted by molar-refractivity contribution is 0.191. The Morgan fingerprint density at radius 2 is 1.88 bits per heavy atom. The lowest BCUT2D eigenvalue weighted by Crippen LogP contribution is -2.25. The second-order valence-corrected chi connectivity index (χ2v) is 5.74. The van der Waals surface area contributed by atoms with Crippen LogP contribution in [0.3, 0.4) is 0 Å². The van der Waals surface area contributed by atoms with Crippen LogP contribution in [0.25, 0.3) is 22.3 Å². The number of rotatable bonds is 3. The zero-order chi connectivity index (χ0) is 17.3. The number of carbonyl (C=O) groups is 1. The van der Waals surface area contributed by atoms with Crippen LogP contribution in [0.2, 0.25) is 0 Å². The summed E-state index contributed by atoms with van der Waals surface area (Å²) in [5.41, 5.74) is 2.57. The first kappa shape index (κ1) is 15.8. The molecule has 0 radical (unpaired) electrons. The number of carboxylic acid groups (broad SMARTS) is 1. The number of hydrogen-bond acceptors (Lipinski definition) is 3. The third kappa shape index (κ3) is 3.01. The highest BCUT2D eigenvalue weighted by molar-refractivity contribution is 5.83. The summed E-state index contributed by atoms with van der Waals surface area (Å²) < 4.78 is 5.98. The molecule has 2 N–H and O–H groups in total. The van der Waals surface area contributed by atoms with Crippen molar-refractivity contribution in [2.24, 2.45) is 0 Å². The first-order valence-corrected chi connectivity index (χ1v) is 7.59. The van der Waals surface area contributed by atoms with E-state index in [2.05, 4.69) is 5.32 Å². The second kappa shape index (κ2) is 6.20. The predicted octanol–water partition coefficient (Wildman–Crippen LogP) is 4.10. The Morgan fingerprint density at radius 3 is 2.54 bits per heavy atom. The van der Waals surface area contributed by atoms with Gasteiger partial charge in [-0.2, -0.15) is 0 Å². The monoisotopic (exact) mass is 323 g/mol. The molecule has 0 saturated carbocycles. The van der Waals surface area contributed by atoms with Crippen molar-refractivity contribution in [1.82, 2.24) is 5.32 Å². The molecule has 2 aromatic carbocycles. The summed E-state index contributed by atoms with van der Waals surface area (Å²) in [5, 5.41) is 11.8. The predicted molar refractivity (Wildman–Crippen MR) is 92.2 cm³/mol. The molecule has 0 aliphatic carbocycles. The van der Waals surface area contributed by atoms with Crippen LogP contribution in [0.1, 0.15) is 24.1 Å². The molecule has 122 valence electrons. The molecule has 0 spiro atoms. The van der Waals surface area contributed by atoms with E-state index in [0.717, 1.165) is 11.1 Å². The summed E-state index contributed by atoms with van der Waals surface area (Å²) in [7, 11) is 0. The first-order valence-electron chi connectivity index (χ1n) is 7.59. The number of aryl methyl sites for hydroxylation is 1. The number of benzene rings is 2. The lowest BCUT2D eigenvalue weighted by Gasteiger charge is -2.15. The fraction of sp³-hybridized carbons (Fsp3) is 0.158. The maximum Gasteiger partial charge on any atom is 0.405 e. The van der Waals surface area contributed by atoms with Gasteiger partial charge in [-0.05, 0) is 25.5 Å². The molecule has 1 aromatic heterocycles. The van der Waals surface area contributed by atoms with Crippen molar-refractivity contribution < 1.29 is 14.3 Å². The van der Waals surface area contributed by atoms with Gasteiger partial charge in [0.1, 0.15) is 11.3 Å². The molecule has 1 amide bonds. The normalized spacial score (nSPS) is 12.1. The van der Waals surface area contributed by atoms with Gasteiger partial charge in [-0.25, -0.2) is 4.79 Å². The molecule has 24 heavy (non-hydrogen) atoms. The second-order valence-electron chi connectivity index (χ2n) is 5.74. The van der Waals surface area contributed by atoms with Crippen LogP contribution in [-0.4, -0.2) is 11.2 Å². The molecule has 3 rings (SSSR count). The van der Waals surface area contributed by atoms with Crippen molar-refractivity contribution in [3.63, 3.8) is 0 Å². The number of amides is 1. The maximum atomic E-state index is 12.5. The van der Waals surface area contributed by atoms with Crippen molar-refractivity contribution in [2.75, 3.05) is 0 Å². The van der Waals surface area contributed by atoms with E-state index in [1.54, 1.807) is 13.0 Å². The lowest BCUT2D eigenvalue weighted by atomic mass is 10.0. The topological polar surface area (TPSA) is 79.5 Å². The van der Waals surface area contributed by atoms with Crippen LogP contribution >= 0.6 is 0 Å². The Balaban J connectivity index is 2.26. The minimum Gasteiger partial charge on any atom is -0.465 e. The van der Waals surface area contributed by atoms with Gasteiger partial charge in [0.25, 0.3) is 0 Å². The van der Waals surface area contributed by atoms with Gasteiger partial charge in [-0.3, -0.25) is 4.79 Å². The molecule has 1 heterocycles. The van der Waals surface area contributed by atoms with Gasteiger partial charge in [-0.15, -0.1) is 0 Å². The highest BCUT2D eigenvalue weighted by atomic mass is 16.4. The Hall–Kier alpha value is -3.08. The quantitative estimate of drug-likeness (QED) is 0.760. The van der Waals surface area contributed by atoms with Gasteiger partial charge < -0.3 is 14.8 Å². The highest BCUT2D eigenvalue weighted by Crippen LogP contribution is 2.28. The van der Waals surface area contributed by atoms with Gasteiger partial charge in [0.15, 0.2) is 5.43 Å². The molecular formula is C19H17NO4. The molecule has 0 aliphatic rings. The Bertz CT molecular complexity index is 960. The van der Waals surface area contributed by atoms with Crippen LogP contribution < -0.4 is 10.7 Å². The van der Waals surface area contributed by atoms with Crippen molar-refractivity contribution in [3.8, 4) is 11.3 Å². The number of hydrogen-bond donors (Lipinski definition) is 2. The van der Waals surface area contributed by atoms with Gasteiger partial charge >= 0.3 is 6.09 Å². The van der Waals surface area contributed by atoms with E-state index < -0.39 is 12.1 Å². The van der Waals surface area contributed by atoms with E-state index in [1.807, 2.05) is 43.3 Å². The molecule has 0 aliphatic heterocycles. The van der Waals surface area contributed by atoms with Crippen LogP contribution in [-0.2, 0) is 0 Å². The van der Waals surface area contributed by atoms with Gasteiger partial charge in [-0.1, -0.05) is 36.4 Å². The molecule has 3 aromatic rings. The minimum absolute atomic E-state index is 0.150. The highest BCUT2D eigenvalue weighted by Gasteiger charge is 2.17.